The van der Waals surface area contributed by atoms with Crippen molar-refractivity contribution in [1.82, 2.24) is 10.5 Å². The standard InChI is InChI=1S/C4H8N4OS2/c1-2-6-8(4(10)11-2)7-3(5)9/h4,10H,1H3,(H3,5,7,9). The molecule has 1 atom stereocenters. The van der Waals surface area contributed by atoms with Gasteiger partial charge in [0.05, 0.1) is 5.04 Å². The highest BCUT2D eigenvalue weighted by atomic mass is 32.2. The third-order valence-corrected chi connectivity index (χ3v) is 2.33. The molecule has 0 aliphatic carbocycles. The van der Waals surface area contributed by atoms with Crippen LogP contribution in [0.15, 0.2) is 5.10 Å². The number of urea groups is 1. The molecule has 1 aliphatic heterocycles. The molecular formula is C4H8N4OS2. The van der Waals surface area contributed by atoms with Crippen molar-refractivity contribution >= 4 is 35.5 Å². The van der Waals surface area contributed by atoms with Gasteiger partial charge in [-0.1, -0.05) is 11.8 Å². The maximum absolute atomic E-state index is 10.4. The number of amides is 2. The lowest BCUT2D eigenvalue weighted by molar-refractivity contribution is 0.202. The summed E-state index contributed by atoms with van der Waals surface area (Å²) >= 11 is 5.57. The van der Waals surface area contributed by atoms with Crippen molar-refractivity contribution in [1.29, 1.82) is 0 Å². The molecule has 62 valence electrons. The van der Waals surface area contributed by atoms with Crippen LogP contribution in [0.4, 0.5) is 4.79 Å². The smallest absolute Gasteiger partial charge is 0.332 e. The number of rotatable bonds is 1. The fraction of sp³-hybridized carbons (Fsp3) is 0.500. The number of nitrogens with one attached hydrogen (secondary N) is 1. The first-order valence-electron chi connectivity index (χ1n) is 2.85. The van der Waals surface area contributed by atoms with Crippen LogP contribution < -0.4 is 11.2 Å². The predicted molar refractivity (Wildman–Crippen MR) is 48.0 cm³/mol. The summed E-state index contributed by atoms with van der Waals surface area (Å²) in [6.45, 7) is 1.83. The molecule has 0 fully saturated rings. The number of hydrogen-bond acceptors (Lipinski definition) is 5. The number of thiol groups is 1. The quantitative estimate of drug-likeness (QED) is 0.518. The van der Waals surface area contributed by atoms with E-state index in [1.165, 1.54) is 16.9 Å². The summed E-state index contributed by atoms with van der Waals surface area (Å²) in [5.41, 5.74) is 7.19. The Morgan fingerprint density at radius 1 is 2.00 bits per heavy atom. The number of nitrogens with zero attached hydrogens (tertiary/aromatic N) is 2. The van der Waals surface area contributed by atoms with Gasteiger partial charge >= 0.3 is 6.03 Å². The van der Waals surface area contributed by atoms with Crippen LogP contribution in [0.5, 0.6) is 0 Å². The van der Waals surface area contributed by atoms with E-state index in [0.717, 1.165) is 5.04 Å². The second kappa shape index (κ2) is 3.22. The molecule has 0 saturated heterocycles. The topological polar surface area (TPSA) is 70.7 Å². The van der Waals surface area contributed by atoms with Crippen molar-refractivity contribution < 1.29 is 4.79 Å². The molecule has 5 nitrogen and oxygen atoms in total. The number of nitrogens with two attached hydrogens (primary N) is 1. The number of carbonyl (C=O) groups excluding carboxylic acids is 1. The van der Waals surface area contributed by atoms with Crippen molar-refractivity contribution in [3.8, 4) is 0 Å². The van der Waals surface area contributed by atoms with Gasteiger partial charge in [-0.05, 0) is 6.92 Å². The Morgan fingerprint density at radius 2 is 2.64 bits per heavy atom. The Balaban J connectivity index is 2.52. The van der Waals surface area contributed by atoms with Gasteiger partial charge in [0.2, 0.25) is 0 Å². The summed E-state index contributed by atoms with van der Waals surface area (Å²) in [4.78, 5) is 10.4. The molecule has 11 heavy (non-hydrogen) atoms. The highest BCUT2D eigenvalue weighted by Crippen LogP contribution is 2.26. The highest BCUT2D eigenvalue weighted by Gasteiger charge is 2.22. The van der Waals surface area contributed by atoms with Crippen LogP contribution in [0, 0.1) is 0 Å². The van der Waals surface area contributed by atoms with Crippen LogP contribution >= 0.6 is 24.4 Å². The van der Waals surface area contributed by atoms with E-state index in [0.29, 0.717) is 0 Å². The lowest BCUT2D eigenvalue weighted by Crippen LogP contribution is -2.42. The molecule has 0 aromatic heterocycles. The van der Waals surface area contributed by atoms with Gasteiger partial charge in [-0.2, -0.15) is 10.2 Å². The van der Waals surface area contributed by atoms with E-state index in [-0.39, 0.29) is 4.71 Å². The minimum Gasteiger partial charge on any atom is -0.350 e. The van der Waals surface area contributed by atoms with E-state index in [2.05, 4.69) is 23.2 Å². The fourth-order valence-corrected chi connectivity index (χ4v) is 1.83. The van der Waals surface area contributed by atoms with Gasteiger partial charge in [-0.25, -0.2) is 10.2 Å². The van der Waals surface area contributed by atoms with Crippen LogP contribution in [0.1, 0.15) is 6.92 Å². The molecular weight excluding hydrogens is 184 g/mol. The second-order valence-electron chi connectivity index (χ2n) is 1.88. The Kier molecular flexibility index (Phi) is 2.50. The summed E-state index contributed by atoms with van der Waals surface area (Å²) in [7, 11) is 0. The number of hydrogen-bond donors (Lipinski definition) is 3. The van der Waals surface area contributed by atoms with Crippen LogP contribution in [-0.2, 0) is 0 Å². The normalized spacial score (nSPS) is 23.3. The summed E-state index contributed by atoms with van der Waals surface area (Å²) in [6, 6.07) is -0.636. The van der Waals surface area contributed by atoms with E-state index in [9.17, 15) is 4.79 Å². The highest BCUT2D eigenvalue weighted by molar-refractivity contribution is 8.21. The Labute approximate surface area is 73.8 Å². The molecule has 0 aromatic rings. The number of primary amides is 1. The van der Waals surface area contributed by atoms with Crippen molar-refractivity contribution in [2.75, 3.05) is 0 Å². The zero-order chi connectivity index (χ0) is 8.43. The number of hydrazine groups is 1. The van der Waals surface area contributed by atoms with Gasteiger partial charge in [0.15, 0.2) is 4.71 Å². The van der Waals surface area contributed by atoms with Gasteiger partial charge in [-0.3, -0.25) is 0 Å². The molecule has 0 radical (unpaired) electrons. The molecule has 0 spiro atoms. The molecule has 1 aliphatic rings. The minimum absolute atomic E-state index is 0.178. The molecule has 3 N–H and O–H groups in total. The van der Waals surface area contributed by atoms with Gasteiger partial charge in [-0.15, -0.1) is 12.6 Å². The molecule has 1 heterocycles. The van der Waals surface area contributed by atoms with E-state index in [4.69, 9.17) is 5.73 Å². The zero-order valence-corrected chi connectivity index (χ0v) is 7.52. The van der Waals surface area contributed by atoms with Gasteiger partial charge in [0.25, 0.3) is 0 Å². The minimum atomic E-state index is -0.636. The predicted octanol–water partition coefficient (Wildman–Crippen LogP) is 0.165. The molecule has 0 saturated carbocycles. The van der Waals surface area contributed by atoms with Crippen LogP contribution in [0.2, 0.25) is 0 Å². The average molecular weight is 192 g/mol. The first kappa shape index (κ1) is 8.54. The Hall–Kier alpha value is -0.560. The van der Waals surface area contributed by atoms with E-state index >= 15 is 0 Å². The first-order chi connectivity index (χ1) is 5.09. The van der Waals surface area contributed by atoms with E-state index < -0.39 is 6.03 Å². The van der Waals surface area contributed by atoms with Gasteiger partial charge < -0.3 is 5.73 Å². The molecule has 1 unspecified atom stereocenters. The maximum Gasteiger partial charge on any atom is 0.332 e. The SMILES string of the molecule is CC1=NN(NC(N)=O)C(S)S1. The van der Waals surface area contributed by atoms with E-state index in [1.54, 1.807) is 0 Å². The Bertz CT molecular complexity index is 206. The van der Waals surface area contributed by atoms with Crippen LogP contribution in [0.25, 0.3) is 0 Å². The average Bonchev–Trinajstić information content (AvgIpc) is 2.09. The van der Waals surface area contributed by atoms with E-state index in [1.807, 2.05) is 6.92 Å². The monoisotopic (exact) mass is 192 g/mol. The van der Waals surface area contributed by atoms with Crippen molar-refractivity contribution in [3.05, 3.63) is 0 Å². The molecule has 0 aromatic carbocycles. The number of hydrazone groups is 1. The van der Waals surface area contributed by atoms with Gasteiger partial charge in [0.1, 0.15) is 0 Å². The van der Waals surface area contributed by atoms with Crippen molar-refractivity contribution in [2.45, 2.75) is 11.6 Å². The summed E-state index contributed by atoms with van der Waals surface area (Å²) in [6.07, 6.45) is 0. The van der Waals surface area contributed by atoms with Crippen molar-refractivity contribution in [3.63, 3.8) is 0 Å². The second-order valence-corrected chi connectivity index (χ2v) is 4.00. The van der Waals surface area contributed by atoms with Crippen molar-refractivity contribution in [2.24, 2.45) is 10.8 Å². The third-order valence-electron chi connectivity index (χ3n) is 0.958. The molecule has 2 amide bonds. The lowest BCUT2D eigenvalue weighted by atomic mass is 10.9. The molecule has 7 heteroatoms. The molecule has 1 rings (SSSR count). The zero-order valence-electron chi connectivity index (χ0n) is 5.81. The summed E-state index contributed by atoms with van der Waals surface area (Å²) < 4.78 is -0.178. The summed E-state index contributed by atoms with van der Waals surface area (Å²) in [5.74, 6) is 0. The Morgan fingerprint density at radius 3 is 3.00 bits per heavy atom. The number of thioether (sulfide) groups is 1. The number of carbonyl (C=O) groups is 1. The van der Waals surface area contributed by atoms with Crippen LogP contribution in [0.3, 0.4) is 0 Å². The largest absolute Gasteiger partial charge is 0.350 e. The maximum atomic E-state index is 10.4. The fourth-order valence-electron chi connectivity index (χ4n) is 0.620. The first-order valence-corrected chi connectivity index (χ1v) is 4.24. The van der Waals surface area contributed by atoms with Gasteiger partial charge in [0, 0.05) is 0 Å². The van der Waals surface area contributed by atoms with Crippen LogP contribution in [-0.4, -0.2) is 20.9 Å². The molecule has 0 bridgehead atoms. The summed E-state index contributed by atoms with van der Waals surface area (Å²) in [5, 5.41) is 6.09. The lowest BCUT2D eigenvalue weighted by Gasteiger charge is -2.16. The third kappa shape index (κ3) is 2.19.